The Morgan fingerprint density at radius 1 is 0.706 bits per heavy atom. The molecule has 2 aromatic carbocycles. The zero-order chi connectivity index (χ0) is 37.3. The highest BCUT2D eigenvalue weighted by atomic mass is 16.6. The number of H-pyrrole nitrogens is 1. The quantitative estimate of drug-likeness (QED) is 0.0525. The van der Waals surface area contributed by atoms with E-state index in [0.29, 0.717) is 6.42 Å². The summed E-state index contributed by atoms with van der Waals surface area (Å²) < 4.78 is 0. The van der Waals surface area contributed by atoms with E-state index in [-0.39, 0.29) is 45.9 Å². The van der Waals surface area contributed by atoms with Gasteiger partial charge < -0.3 is 36.5 Å². The second-order valence-corrected chi connectivity index (χ2v) is 11.8. The van der Waals surface area contributed by atoms with E-state index in [9.17, 15) is 28.8 Å². The fraction of sp³-hybridized carbons (Fsp3) is 0.394. The zero-order valence-corrected chi connectivity index (χ0v) is 27.8. The number of carboxylic acids is 4. The number of aromatic nitrogens is 1. The van der Waals surface area contributed by atoms with Gasteiger partial charge in [-0.2, -0.15) is 0 Å². The number of benzene rings is 2. The van der Waals surface area contributed by atoms with E-state index in [4.69, 9.17) is 31.0 Å². The molecule has 0 aliphatic carbocycles. The Kier molecular flexibility index (Phi) is 15.9. The summed E-state index contributed by atoms with van der Waals surface area (Å²) in [5.41, 5.74) is 11.7. The van der Waals surface area contributed by atoms with Crippen LogP contribution in [0.3, 0.4) is 0 Å². The SMILES string of the molecule is N[C@H](Cc1cc2ccccc2[nH]1)C(=O)NOCc1ccc(CNC(=O)CN(CCN(CC(=O)O)CC(=O)O)CCN(CC(=O)O)CC(=O)O)cc1. The Labute approximate surface area is 292 Å². The number of fused-ring (bicyclic) bond motifs is 1. The van der Waals surface area contributed by atoms with Crippen molar-refractivity contribution in [3.8, 4) is 0 Å². The summed E-state index contributed by atoms with van der Waals surface area (Å²) in [5, 5.41) is 40.3. The molecule has 2 amide bonds. The molecule has 0 saturated carbocycles. The van der Waals surface area contributed by atoms with Gasteiger partial charge in [-0.3, -0.25) is 48.3 Å². The summed E-state index contributed by atoms with van der Waals surface area (Å²) in [6.45, 7) is -2.21. The number of rotatable bonds is 24. The molecule has 1 aromatic heterocycles. The molecular weight excluding hydrogens is 670 g/mol. The number of para-hydroxylation sites is 1. The van der Waals surface area contributed by atoms with Crippen molar-refractivity contribution >= 4 is 46.6 Å². The summed E-state index contributed by atoms with van der Waals surface area (Å²) in [6, 6.07) is 15.9. The highest BCUT2D eigenvalue weighted by Crippen LogP contribution is 2.15. The number of hydrogen-bond donors (Lipinski definition) is 8. The molecule has 51 heavy (non-hydrogen) atoms. The predicted octanol–water partition coefficient (Wildman–Crippen LogP) is -0.854. The second kappa shape index (κ2) is 20.3. The maximum atomic E-state index is 12.9. The first-order chi connectivity index (χ1) is 24.3. The number of aromatic amines is 1. The lowest BCUT2D eigenvalue weighted by atomic mass is 10.1. The van der Waals surface area contributed by atoms with Crippen LogP contribution in [0.15, 0.2) is 54.6 Å². The number of nitrogens with one attached hydrogen (secondary N) is 3. The van der Waals surface area contributed by atoms with Gasteiger partial charge in [0.2, 0.25) is 5.91 Å². The van der Waals surface area contributed by atoms with E-state index < -0.39 is 67.9 Å². The zero-order valence-electron chi connectivity index (χ0n) is 27.8. The normalized spacial score (nSPS) is 11.9. The standard InChI is InChI=1S/C33H43N7O11/c34-26(14-25-13-24-3-1-2-4-27(24)36-25)33(50)37-51-21-23-7-5-22(6-8-23)15-35-28(41)16-38(9-11-39(17-29(42)43)18-30(44)45)10-12-40(19-31(46)47)20-32(48)49/h1-8,13,26,36H,9-12,14-21,34H2,(H,35,41)(H,37,50)(H,42,43)(H,44,45)(H,46,47)(H,48,49)/t26-/m1/s1. The van der Waals surface area contributed by atoms with Crippen molar-refractivity contribution in [2.75, 3.05) is 58.9 Å². The summed E-state index contributed by atoms with van der Waals surface area (Å²) in [7, 11) is 0. The number of aliphatic carboxylic acids is 4. The second-order valence-electron chi connectivity index (χ2n) is 11.8. The largest absolute Gasteiger partial charge is 0.480 e. The van der Waals surface area contributed by atoms with Crippen molar-refractivity contribution in [1.29, 1.82) is 0 Å². The molecule has 0 aliphatic rings. The van der Waals surface area contributed by atoms with Crippen molar-refractivity contribution in [1.82, 2.24) is 30.5 Å². The van der Waals surface area contributed by atoms with Gasteiger partial charge in [0.1, 0.15) is 0 Å². The first-order valence-corrected chi connectivity index (χ1v) is 15.9. The third-order valence-electron chi connectivity index (χ3n) is 7.55. The highest BCUT2D eigenvalue weighted by Gasteiger charge is 2.20. The molecule has 0 fully saturated rings. The summed E-state index contributed by atoms with van der Waals surface area (Å²) in [4.78, 5) is 82.6. The molecular formula is C33H43N7O11. The molecule has 276 valence electrons. The number of carbonyl (C=O) groups excluding carboxylic acids is 2. The van der Waals surface area contributed by atoms with Crippen molar-refractivity contribution in [2.24, 2.45) is 5.73 Å². The monoisotopic (exact) mass is 713 g/mol. The number of hydroxylamine groups is 1. The molecule has 0 saturated heterocycles. The van der Waals surface area contributed by atoms with Crippen LogP contribution in [0.5, 0.6) is 0 Å². The third kappa shape index (κ3) is 15.4. The first-order valence-electron chi connectivity index (χ1n) is 15.9. The average Bonchev–Trinajstić information content (AvgIpc) is 3.46. The number of carboxylic acid groups (broad SMARTS) is 4. The Balaban J connectivity index is 1.48. The number of nitrogens with two attached hydrogens (primary N) is 1. The molecule has 0 spiro atoms. The van der Waals surface area contributed by atoms with E-state index in [0.717, 1.165) is 37.5 Å². The third-order valence-corrected chi connectivity index (χ3v) is 7.55. The Morgan fingerprint density at radius 2 is 1.22 bits per heavy atom. The number of hydrogen-bond acceptors (Lipinski definition) is 11. The number of nitrogens with zero attached hydrogens (tertiary/aromatic N) is 3. The van der Waals surface area contributed by atoms with Gasteiger partial charge in [0, 0.05) is 50.4 Å². The van der Waals surface area contributed by atoms with Crippen LogP contribution in [-0.2, 0) is 53.2 Å². The highest BCUT2D eigenvalue weighted by molar-refractivity contribution is 5.83. The molecule has 3 rings (SSSR count). The van der Waals surface area contributed by atoms with E-state index in [1.165, 1.54) is 0 Å². The minimum Gasteiger partial charge on any atom is -0.480 e. The van der Waals surface area contributed by atoms with E-state index in [1.54, 1.807) is 29.2 Å². The van der Waals surface area contributed by atoms with Crippen LogP contribution < -0.4 is 16.5 Å². The lowest BCUT2D eigenvalue weighted by molar-refractivity contribution is -0.143. The van der Waals surface area contributed by atoms with Crippen molar-refractivity contribution in [3.05, 3.63) is 71.4 Å². The average molecular weight is 714 g/mol. The summed E-state index contributed by atoms with van der Waals surface area (Å²) >= 11 is 0. The molecule has 18 nitrogen and oxygen atoms in total. The van der Waals surface area contributed by atoms with Crippen LogP contribution in [0.2, 0.25) is 0 Å². The molecule has 3 aromatic rings. The molecule has 18 heteroatoms. The van der Waals surface area contributed by atoms with Crippen LogP contribution in [0, 0.1) is 0 Å². The fourth-order valence-electron chi connectivity index (χ4n) is 5.08. The van der Waals surface area contributed by atoms with Gasteiger partial charge in [-0.25, -0.2) is 5.48 Å². The molecule has 1 heterocycles. The van der Waals surface area contributed by atoms with E-state index in [2.05, 4.69) is 15.8 Å². The summed E-state index contributed by atoms with van der Waals surface area (Å²) in [5.74, 6) is -5.86. The lowest BCUT2D eigenvalue weighted by Crippen LogP contribution is -2.47. The predicted molar refractivity (Wildman–Crippen MR) is 181 cm³/mol. The van der Waals surface area contributed by atoms with Gasteiger partial charge in [-0.15, -0.1) is 0 Å². The van der Waals surface area contributed by atoms with Gasteiger partial charge in [0.15, 0.2) is 0 Å². The minimum atomic E-state index is -1.24. The molecule has 0 aliphatic heterocycles. The van der Waals surface area contributed by atoms with Gasteiger partial charge in [-0.05, 0) is 28.6 Å². The fourth-order valence-corrected chi connectivity index (χ4v) is 5.08. The number of amides is 2. The van der Waals surface area contributed by atoms with Gasteiger partial charge in [0.25, 0.3) is 5.91 Å². The van der Waals surface area contributed by atoms with Crippen molar-refractivity contribution in [3.63, 3.8) is 0 Å². The van der Waals surface area contributed by atoms with Crippen molar-refractivity contribution < 1.29 is 54.0 Å². The molecule has 1 atom stereocenters. The Morgan fingerprint density at radius 3 is 1.75 bits per heavy atom. The van der Waals surface area contributed by atoms with Gasteiger partial charge >= 0.3 is 23.9 Å². The van der Waals surface area contributed by atoms with Crippen LogP contribution in [0.25, 0.3) is 10.9 Å². The topological polar surface area (TPSA) is 268 Å². The smallest absolute Gasteiger partial charge is 0.317 e. The van der Waals surface area contributed by atoms with Gasteiger partial charge in [-0.1, -0.05) is 42.5 Å². The van der Waals surface area contributed by atoms with Gasteiger partial charge in [0.05, 0.1) is 45.4 Å². The molecule has 0 radical (unpaired) electrons. The Bertz CT molecular complexity index is 1540. The summed E-state index contributed by atoms with van der Waals surface area (Å²) in [6.07, 6.45) is 0.295. The first kappa shape index (κ1) is 40.0. The van der Waals surface area contributed by atoms with E-state index >= 15 is 0 Å². The van der Waals surface area contributed by atoms with Crippen molar-refractivity contribution in [2.45, 2.75) is 25.6 Å². The number of carbonyl (C=O) groups is 6. The Hall–Kier alpha value is -5.40. The maximum absolute atomic E-state index is 12.9. The van der Waals surface area contributed by atoms with Crippen LogP contribution in [-0.4, -0.2) is 141 Å². The van der Waals surface area contributed by atoms with E-state index in [1.807, 2.05) is 30.3 Å². The van der Waals surface area contributed by atoms with Crippen LogP contribution >= 0.6 is 0 Å². The molecule has 0 unspecified atom stereocenters. The van der Waals surface area contributed by atoms with Crippen LogP contribution in [0.1, 0.15) is 16.8 Å². The minimum absolute atomic E-state index is 0.0379. The maximum Gasteiger partial charge on any atom is 0.317 e. The molecule has 0 bridgehead atoms. The molecule has 9 N–H and O–H groups in total. The van der Waals surface area contributed by atoms with Crippen LogP contribution in [0.4, 0.5) is 0 Å². The lowest BCUT2D eigenvalue weighted by Gasteiger charge is -2.28.